The first kappa shape index (κ1) is 10.4. The van der Waals surface area contributed by atoms with Crippen molar-refractivity contribution in [3.8, 4) is 0 Å². The Morgan fingerprint density at radius 3 is 2.56 bits per heavy atom. The van der Waals surface area contributed by atoms with Crippen molar-refractivity contribution < 1.29 is 14.4 Å². The molecule has 1 aliphatic rings. The molecule has 0 saturated carbocycles. The van der Waals surface area contributed by atoms with Crippen molar-refractivity contribution in [1.82, 2.24) is 0 Å². The topological polar surface area (TPSA) is 75.9 Å². The van der Waals surface area contributed by atoms with Gasteiger partial charge in [-0.25, -0.2) is 4.79 Å². The number of hydrogen-bond acceptors (Lipinski definition) is 3. The highest BCUT2D eigenvalue weighted by atomic mass is 16.2. The third kappa shape index (κ3) is 1.93. The Kier molecular flexibility index (Phi) is 2.44. The van der Waals surface area contributed by atoms with Crippen LogP contribution < -0.4 is 10.7 Å². The first-order chi connectivity index (χ1) is 7.56. The van der Waals surface area contributed by atoms with Gasteiger partial charge >= 0.3 is 6.03 Å². The quantitative estimate of drug-likeness (QED) is 0.535. The Bertz CT molecular complexity index is 617. The molecule has 0 aliphatic carbocycles. The van der Waals surface area contributed by atoms with E-state index in [0.717, 1.165) is 0 Å². The number of benzene rings is 1. The summed E-state index contributed by atoms with van der Waals surface area (Å²) in [6, 6.07) is 4.01. The number of hydrogen-bond donors (Lipinski definition) is 0. The molecule has 1 aromatic carbocycles. The van der Waals surface area contributed by atoms with Gasteiger partial charge in [0.15, 0.2) is 5.78 Å². The second-order valence-electron chi connectivity index (χ2n) is 3.51. The molecule has 5 heteroatoms. The van der Waals surface area contributed by atoms with Crippen LogP contribution in [0.3, 0.4) is 0 Å². The van der Waals surface area contributed by atoms with E-state index in [1.807, 2.05) is 0 Å². The van der Waals surface area contributed by atoms with Crippen LogP contribution in [0, 0.1) is 0 Å². The maximum Gasteiger partial charge on any atom is 0.368 e. The van der Waals surface area contributed by atoms with E-state index < -0.39 is 6.03 Å². The van der Waals surface area contributed by atoms with E-state index in [-0.39, 0.29) is 18.0 Å². The number of carbonyl (C=O) groups is 3. The van der Waals surface area contributed by atoms with E-state index in [0.29, 0.717) is 16.3 Å². The molecule has 0 spiro atoms. The number of urea groups is 1. The molecule has 0 aromatic heterocycles. The van der Waals surface area contributed by atoms with Crippen molar-refractivity contribution in [3.63, 3.8) is 0 Å². The van der Waals surface area contributed by atoms with Gasteiger partial charge in [-0.2, -0.15) is 9.98 Å². The van der Waals surface area contributed by atoms with E-state index in [1.165, 1.54) is 13.0 Å². The van der Waals surface area contributed by atoms with Crippen molar-refractivity contribution in [2.45, 2.75) is 13.3 Å². The number of ketones is 2. The van der Waals surface area contributed by atoms with Crippen LogP contribution in [0.5, 0.6) is 0 Å². The summed E-state index contributed by atoms with van der Waals surface area (Å²) in [5.74, 6) is -0.465. The normalized spacial score (nSPS) is 12.7. The summed E-state index contributed by atoms with van der Waals surface area (Å²) >= 11 is 0. The zero-order valence-corrected chi connectivity index (χ0v) is 8.56. The monoisotopic (exact) mass is 216 g/mol. The maximum atomic E-state index is 11.6. The summed E-state index contributed by atoms with van der Waals surface area (Å²) in [7, 11) is 0. The molecule has 1 aromatic rings. The maximum absolute atomic E-state index is 11.6. The summed E-state index contributed by atoms with van der Waals surface area (Å²) in [4.78, 5) is 40.5. The predicted molar refractivity (Wildman–Crippen MR) is 53.8 cm³/mol. The fraction of sp³-hybridized carbons (Fsp3) is 0.182. The van der Waals surface area contributed by atoms with Crippen molar-refractivity contribution >= 4 is 17.6 Å². The fourth-order valence-electron chi connectivity index (χ4n) is 1.44. The first-order valence-electron chi connectivity index (χ1n) is 4.70. The van der Waals surface area contributed by atoms with Crippen LogP contribution in [0.15, 0.2) is 28.2 Å². The van der Waals surface area contributed by atoms with E-state index >= 15 is 0 Å². The number of Topliss-reactive ketones (excluding diaryl/α,β-unsaturated/α-hetero) is 2. The molecule has 0 radical (unpaired) electrons. The average molecular weight is 216 g/mol. The van der Waals surface area contributed by atoms with Gasteiger partial charge in [0.2, 0.25) is 0 Å². The molecule has 2 amide bonds. The highest BCUT2D eigenvalue weighted by Crippen LogP contribution is 2.00. The van der Waals surface area contributed by atoms with E-state index in [4.69, 9.17) is 0 Å². The molecule has 5 nitrogen and oxygen atoms in total. The van der Waals surface area contributed by atoms with Gasteiger partial charge in [-0.05, 0) is 25.1 Å². The summed E-state index contributed by atoms with van der Waals surface area (Å²) < 4.78 is 0. The van der Waals surface area contributed by atoms with Gasteiger partial charge in [0.1, 0.15) is 5.78 Å². The molecule has 0 saturated heterocycles. The number of rotatable bonds is 3. The highest BCUT2D eigenvalue weighted by molar-refractivity contribution is 6.07. The van der Waals surface area contributed by atoms with Crippen molar-refractivity contribution in [2.75, 3.05) is 0 Å². The van der Waals surface area contributed by atoms with E-state index in [9.17, 15) is 14.4 Å². The molecular weight excluding hydrogens is 208 g/mol. The molecule has 0 atom stereocenters. The van der Waals surface area contributed by atoms with Crippen LogP contribution >= 0.6 is 0 Å². The number of nitrogens with zero attached hydrogens (tertiary/aromatic N) is 2. The molecular formula is C11H8N2O3. The lowest BCUT2D eigenvalue weighted by Gasteiger charge is -1.96. The van der Waals surface area contributed by atoms with Gasteiger partial charge in [0.25, 0.3) is 0 Å². The van der Waals surface area contributed by atoms with Crippen LogP contribution in [-0.2, 0) is 4.79 Å². The van der Waals surface area contributed by atoms with Gasteiger partial charge in [0.05, 0.1) is 17.1 Å². The summed E-state index contributed by atoms with van der Waals surface area (Å²) in [5, 5.41) is 0.851. The molecule has 1 heterocycles. The summed E-state index contributed by atoms with van der Waals surface area (Å²) in [6.07, 6.45) is -0.135. The second-order valence-corrected chi connectivity index (χ2v) is 3.51. The van der Waals surface area contributed by atoms with Crippen molar-refractivity contribution in [3.05, 3.63) is 34.5 Å². The van der Waals surface area contributed by atoms with Crippen LogP contribution in [-0.4, -0.2) is 17.6 Å². The van der Waals surface area contributed by atoms with E-state index in [1.54, 1.807) is 12.1 Å². The highest BCUT2D eigenvalue weighted by Gasteiger charge is 2.11. The van der Waals surface area contributed by atoms with Crippen molar-refractivity contribution in [1.29, 1.82) is 0 Å². The summed E-state index contributed by atoms with van der Waals surface area (Å²) in [6.45, 7) is 1.36. The first-order valence-corrected chi connectivity index (χ1v) is 4.70. The van der Waals surface area contributed by atoms with Gasteiger partial charge in [0, 0.05) is 5.56 Å². The zero-order valence-electron chi connectivity index (χ0n) is 8.56. The van der Waals surface area contributed by atoms with Gasteiger partial charge in [-0.1, -0.05) is 0 Å². The molecule has 1 aliphatic heterocycles. The lowest BCUT2D eigenvalue weighted by atomic mass is 10.1. The molecule has 0 fully saturated rings. The average Bonchev–Trinajstić information content (AvgIpc) is 2.55. The van der Waals surface area contributed by atoms with Gasteiger partial charge in [-0.3, -0.25) is 9.59 Å². The van der Waals surface area contributed by atoms with Gasteiger partial charge < -0.3 is 0 Å². The molecule has 80 valence electrons. The third-order valence-corrected chi connectivity index (χ3v) is 2.14. The van der Waals surface area contributed by atoms with Crippen LogP contribution in [0.1, 0.15) is 23.7 Å². The Morgan fingerprint density at radius 1 is 1.19 bits per heavy atom. The Morgan fingerprint density at radius 2 is 1.88 bits per heavy atom. The minimum absolute atomic E-state index is 0.135. The Labute approximate surface area is 90.5 Å². The molecule has 0 unspecified atom stereocenters. The minimum Gasteiger partial charge on any atom is -0.300 e. The second kappa shape index (κ2) is 3.77. The SMILES string of the molecule is CC(=O)CC(=O)c1ccc2c(c1)=NC(=O)N=2. The predicted octanol–water partition coefficient (Wildman–Crippen LogP) is 0.221. The third-order valence-electron chi connectivity index (χ3n) is 2.14. The minimum atomic E-state index is -0.564. The van der Waals surface area contributed by atoms with E-state index in [2.05, 4.69) is 9.98 Å². The van der Waals surface area contributed by atoms with Crippen molar-refractivity contribution in [2.24, 2.45) is 9.98 Å². The molecule has 0 N–H and O–H groups in total. The lowest BCUT2D eigenvalue weighted by Crippen LogP contribution is -2.23. The smallest absolute Gasteiger partial charge is 0.300 e. The zero-order chi connectivity index (χ0) is 11.7. The lowest BCUT2D eigenvalue weighted by molar-refractivity contribution is -0.116. The van der Waals surface area contributed by atoms with Crippen LogP contribution in [0.25, 0.3) is 0 Å². The molecule has 2 rings (SSSR count). The number of carbonyl (C=O) groups excluding carboxylic acids is 3. The standard InChI is InChI=1S/C11H8N2O3/c1-6(14)4-10(15)7-2-3-8-9(5-7)13-11(16)12-8/h2-3,5H,4H2,1H3. The van der Waals surface area contributed by atoms with Crippen LogP contribution in [0.4, 0.5) is 4.79 Å². The Hall–Kier alpha value is -2.17. The number of amides is 2. The largest absolute Gasteiger partial charge is 0.368 e. The summed E-state index contributed by atoms with van der Waals surface area (Å²) in [5.41, 5.74) is 0.377. The molecule has 0 bridgehead atoms. The number of fused-ring (bicyclic) bond motifs is 1. The molecule has 16 heavy (non-hydrogen) atoms. The fourth-order valence-corrected chi connectivity index (χ4v) is 1.44. The Balaban J connectivity index is 2.41. The van der Waals surface area contributed by atoms with Crippen LogP contribution in [0.2, 0.25) is 0 Å². The van der Waals surface area contributed by atoms with Gasteiger partial charge in [-0.15, -0.1) is 0 Å².